The summed E-state index contributed by atoms with van der Waals surface area (Å²) in [5.41, 5.74) is 3.39. The van der Waals surface area contributed by atoms with E-state index in [0.717, 1.165) is 6.26 Å². The Kier molecular flexibility index (Phi) is 7.74. The summed E-state index contributed by atoms with van der Waals surface area (Å²) in [6.07, 6.45) is -0.450. The van der Waals surface area contributed by atoms with Crippen LogP contribution in [0.2, 0.25) is 0 Å². The molecule has 3 aliphatic carbocycles. The molecular weight excluding hydrogens is 556 g/mol. The van der Waals surface area contributed by atoms with E-state index < -0.39 is 74.5 Å². The van der Waals surface area contributed by atoms with Gasteiger partial charge in [0.1, 0.15) is 17.4 Å². The summed E-state index contributed by atoms with van der Waals surface area (Å²) in [6.45, 7) is -0.239. The van der Waals surface area contributed by atoms with Crippen LogP contribution in [0.3, 0.4) is 0 Å². The number of carbonyl (C=O) groups excluding carboxylic acids is 3. The van der Waals surface area contributed by atoms with Gasteiger partial charge < -0.3 is 36.0 Å². The first-order valence-electron chi connectivity index (χ1n) is 12.8. The summed E-state index contributed by atoms with van der Waals surface area (Å²) < 4.78 is 24.9. The molecule has 0 radical (unpaired) electrons. The molecule has 6 atom stereocenters. The summed E-state index contributed by atoms with van der Waals surface area (Å²) in [5.74, 6) is -3.02. The van der Waals surface area contributed by atoms with Gasteiger partial charge in [-0.3, -0.25) is 14.4 Å². The number of amides is 1. The number of benzene rings is 1. The maximum atomic E-state index is 14.0. The zero-order chi connectivity index (χ0) is 30.8. The van der Waals surface area contributed by atoms with Gasteiger partial charge in [-0.05, 0) is 44.5 Å². The van der Waals surface area contributed by atoms with Crippen LogP contribution in [0, 0.1) is 29.6 Å². The molecule has 2 unspecified atom stereocenters. The Morgan fingerprint density at radius 1 is 1.22 bits per heavy atom. The minimum absolute atomic E-state index is 0.00451. The zero-order valence-electron chi connectivity index (χ0n) is 23.3. The van der Waals surface area contributed by atoms with E-state index >= 15 is 0 Å². The molecule has 0 aliphatic heterocycles. The van der Waals surface area contributed by atoms with Gasteiger partial charge in [-0.2, -0.15) is 0 Å². The second-order valence-electron chi connectivity index (χ2n) is 11.2. The highest BCUT2D eigenvalue weighted by Gasteiger charge is 2.67. The van der Waals surface area contributed by atoms with Gasteiger partial charge >= 0.3 is 0 Å². The average Bonchev–Trinajstić information content (AvgIpc) is 2.83. The van der Waals surface area contributed by atoms with E-state index in [4.69, 9.17) is 5.73 Å². The topological polar surface area (TPSA) is 211 Å². The van der Waals surface area contributed by atoms with Crippen LogP contribution in [0.15, 0.2) is 11.6 Å². The van der Waals surface area contributed by atoms with E-state index in [2.05, 4.69) is 16.6 Å². The van der Waals surface area contributed by atoms with Gasteiger partial charge in [0.05, 0.1) is 30.0 Å². The number of hydrogen-bond donors (Lipinski definition) is 6. The number of phenols is 1. The van der Waals surface area contributed by atoms with Gasteiger partial charge in [-0.15, -0.1) is 0 Å². The molecule has 0 saturated heterocycles. The molecule has 13 nitrogen and oxygen atoms in total. The molecule has 1 aromatic carbocycles. The number of ketones is 2. The maximum Gasteiger partial charge on any atom is 0.230 e. The number of carbonyl (C=O) groups is 3. The summed E-state index contributed by atoms with van der Waals surface area (Å²) in [5, 5.41) is 45.3. The van der Waals surface area contributed by atoms with E-state index in [-0.39, 0.29) is 36.1 Å². The number of nitrogens with one attached hydrogen (secondary N) is 1. The number of Topliss-reactive ketones (excluding diaryl/α,β-unsaturated/α-hetero) is 2. The summed E-state index contributed by atoms with van der Waals surface area (Å²) >= 11 is 0. The van der Waals surface area contributed by atoms with Gasteiger partial charge in [0.25, 0.3) is 0 Å². The van der Waals surface area contributed by atoms with E-state index in [1.165, 1.54) is 4.90 Å². The lowest BCUT2D eigenvalue weighted by molar-refractivity contribution is -0.184. The molecule has 0 aromatic heterocycles. The molecule has 7 N–H and O–H groups in total. The minimum atomic E-state index is -3.50. The first-order valence-corrected chi connectivity index (χ1v) is 14.7. The number of anilines is 1. The van der Waals surface area contributed by atoms with Crippen LogP contribution in [-0.2, 0) is 30.8 Å². The highest BCUT2D eigenvalue weighted by atomic mass is 32.2. The molecule has 0 bridgehead atoms. The smallest absolute Gasteiger partial charge is 0.230 e. The Balaban J connectivity index is 1.90. The van der Waals surface area contributed by atoms with Gasteiger partial charge in [0, 0.05) is 37.3 Å². The number of fused-ring (bicyclic) bond motifs is 3. The molecule has 222 valence electrons. The summed E-state index contributed by atoms with van der Waals surface area (Å²) in [4.78, 5) is 42.9. The highest BCUT2D eigenvalue weighted by molar-refractivity contribution is 7.88. The number of aliphatic hydroxyl groups excluding tert-OH is 2. The fraction of sp³-hybridized carbons (Fsp3) is 0.519. The minimum Gasteiger partial charge on any atom is -0.507 e. The first-order chi connectivity index (χ1) is 18.9. The fourth-order valence-electron chi connectivity index (χ4n) is 6.45. The second kappa shape index (κ2) is 10.4. The predicted molar refractivity (Wildman–Crippen MR) is 148 cm³/mol. The molecule has 1 aromatic rings. The van der Waals surface area contributed by atoms with E-state index in [1.807, 2.05) is 0 Å². The van der Waals surface area contributed by atoms with Gasteiger partial charge in [0.15, 0.2) is 11.4 Å². The number of hydrogen-bond acceptors (Lipinski definition) is 11. The molecule has 0 spiro atoms. The fourth-order valence-corrected chi connectivity index (χ4v) is 6.79. The lowest BCUT2D eigenvalue weighted by Crippen LogP contribution is -2.73. The van der Waals surface area contributed by atoms with Crippen molar-refractivity contribution in [2.75, 3.05) is 45.9 Å². The number of likely N-dealkylation sites (N-methyl/N-ethyl adjacent to an activating group) is 1. The molecule has 2 saturated carbocycles. The molecule has 14 heteroatoms. The summed E-state index contributed by atoms with van der Waals surface area (Å²) in [6, 6.07) is 0.596. The number of nitrogens with zero attached hydrogens (tertiary/aromatic N) is 2. The molecule has 1 amide bonds. The Morgan fingerprint density at radius 2 is 1.85 bits per heavy atom. The number of phenolic OH excluding ortho intramolecular Hbond substituents is 1. The van der Waals surface area contributed by atoms with Crippen molar-refractivity contribution in [3.05, 3.63) is 28.3 Å². The van der Waals surface area contributed by atoms with Crippen LogP contribution in [0.5, 0.6) is 5.75 Å². The molecule has 4 rings (SSSR count). The lowest BCUT2D eigenvalue weighted by atomic mass is 9.54. The van der Waals surface area contributed by atoms with Crippen molar-refractivity contribution >= 4 is 38.9 Å². The number of aliphatic hydroxyl groups is 3. The molecule has 2 fully saturated rings. The number of nitrogens with two attached hydrogens (primary N) is 1. The van der Waals surface area contributed by atoms with Gasteiger partial charge in [-0.25, -0.2) is 13.1 Å². The normalized spacial score (nSPS) is 29.3. The van der Waals surface area contributed by atoms with Crippen LogP contribution >= 0.6 is 0 Å². The van der Waals surface area contributed by atoms with Crippen molar-refractivity contribution < 1.29 is 43.2 Å². The number of sulfonamides is 1. The quantitative estimate of drug-likeness (QED) is 0.165. The Labute approximate surface area is 237 Å². The van der Waals surface area contributed by atoms with E-state index in [0.29, 0.717) is 11.3 Å². The third kappa shape index (κ3) is 4.87. The van der Waals surface area contributed by atoms with Crippen LogP contribution in [0.25, 0.3) is 5.76 Å². The van der Waals surface area contributed by atoms with Crippen molar-refractivity contribution in [3.8, 4) is 17.6 Å². The molecule has 3 aliphatic rings. The Bertz CT molecular complexity index is 1540. The van der Waals surface area contributed by atoms with Crippen molar-refractivity contribution in [1.29, 1.82) is 0 Å². The SMILES string of the molecule is CN(C)c1cc(C#CCNS(C)(=O)=O)c(O)c2c1C[C@@H]1C[C@@H]3[C@@H](N(C)C)C(O)C(C(N)=O)C(=O)[C@]3(O)C(=O)C1=C2O. The largest absolute Gasteiger partial charge is 0.507 e. The van der Waals surface area contributed by atoms with Crippen molar-refractivity contribution in [3.63, 3.8) is 0 Å². The Hall–Kier alpha value is -3.48. The van der Waals surface area contributed by atoms with Crippen molar-refractivity contribution in [2.24, 2.45) is 23.5 Å². The summed E-state index contributed by atoms with van der Waals surface area (Å²) in [7, 11) is 3.14. The van der Waals surface area contributed by atoms with Crippen LogP contribution in [-0.4, -0.2) is 110 Å². The van der Waals surface area contributed by atoms with E-state index in [1.54, 1.807) is 39.2 Å². The first kappa shape index (κ1) is 30.5. The predicted octanol–water partition coefficient (Wildman–Crippen LogP) is -1.90. The van der Waals surface area contributed by atoms with Gasteiger partial charge in [-0.1, -0.05) is 11.8 Å². The molecule has 0 heterocycles. The zero-order valence-corrected chi connectivity index (χ0v) is 24.1. The molecular formula is C27H34N4O9S. The van der Waals surface area contributed by atoms with Crippen molar-refractivity contribution in [2.45, 2.75) is 30.6 Å². The van der Waals surface area contributed by atoms with Crippen molar-refractivity contribution in [1.82, 2.24) is 9.62 Å². The third-order valence-electron chi connectivity index (χ3n) is 8.19. The molecule has 41 heavy (non-hydrogen) atoms. The monoisotopic (exact) mass is 590 g/mol. The van der Waals surface area contributed by atoms with Gasteiger partial charge in [0.2, 0.25) is 21.7 Å². The lowest BCUT2D eigenvalue weighted by Gasteiger charge is -2.53. The van der Waals surface area contributed by atoms with Crippen LogP contribution < -0.4 is 15.4 Å². The van der Waals surface area contributed by atoms with Crippen LogP contribution in [0.1, 0.15) is 23.1 Å². The highest BCUT2D eigenvalue weighted by Crippen LogP contribution is 2.53. The third-order valence-corrected chi connectivity index (χ3v) is 8.86. The average molecular weight is 591 g/mol. The second-order valence-corrected chi connectivity index (χ2v) is 13.1. The number of aromatic hydroxyl groups is 1. The maximum absolute atomic E-state index is 14.0. The number of primary amides is 1. The van der Waals surface area contributed by atoms with E-state index in [9.17, 15) is 43.2 Å². The Morgan fingerprint density at radius 3 is 2.39 bits per heavy atom. The number of rotatable bonds is 5. The van der Waals surface area contributed by atoms with Crippen LogP contribution in [0.4, 0.5) is 5.69 Å². The standard InChI is InChI=1S/C27H34N4O9S/c1-30(2)16-11-12(7-6-8-29-41(5,39)40)21(32)18-14(16)9-13-10-15-20(31(3)4)23(34)19(26(28)37)25(36)27(15,38)24(35)17(13)22(18)33/h11,13,15,19-20,23,29,32-34,38H,8-10H2,1-5H3,(H2,28,37)/t13-,15-,19?,20-,23?,27-/m1/s1.